The lowest BCUT2D eigenvalue weighted by Gasteiger charge is -2.29. The van der Waals surface area contributed by atoms with Gasteiger partial charge in [-0.15, -0.1) is 0 Å². The fraction of sp³-hybridized carbons (Fsp3) is 1.00. The van der Waals surface area contributed by atoms with Crippen LogP contribution < -0.4 is 0 Å². The molecule has 0 aromatic carbocycles. The van der Waals surface area contributed by atoms with Crippen LogP contribution in [0.25, 0.3) is 0 Å². The molecule has 6 nitrogen and oxygen atoms in total. The second-order valence-electron chi connectivity index (χ2n) is 5.15. The molecule has 0 saturated heterocycles. The van der Waals surface area contributed by atoms with Gasteiger partial charge in [0.2, 0.25) is 0 Å². The van der Waals surface area contributed by atoms with Gasteiger partial charge >= 0.3 is 20.4 Å². The van der Waals surface area contributed by atoms with E-state index in [0.717, 1.165) is 0 Å². The fourth-order valence-corrected chi connectivity index (χ4v) is 16.0. The van der Waals surface area contributed by atoms with Crippen molar-refractivity contribution in [3.63, 3.8) is 0 Å². The SMILES string of the molecule is CC(C)OP1(Cl)=NP(Cl)(OC(C)C)=NP(Cl)(OC(C)C)=N1. The highest BCUT2D eigenvalue weighted by Crippen LogP contribution is 2.84. The molecule has 1 rings (SSSR count). The molecular weight excluding hydrogens is 397 g/mol. The van der Waals surface area contributed by atoms with Gasteiger partial charge in [-0.2, -0.15) is 13.5 Å². The minimum absolute atomic E-state index is 0.185. The van der Waals surface area contributed by atoms with Crippen molar-refractivity contribution in [1.29, 1.82) is 0 Å². The van der Waals surface area contributed by atoms with Crippen molar-refractivity contribution < 1.29 is 13.6 Å². The molecule has 1 aliphatic rings. The zero-order chi connectivity index (χ0) is 16.5. The topological polar surface area (TPSA) is 64.8 Å². The largest absolute Gasteiger partial charge is 0.313 e. The minimum atomic E-state index is -3.06. The van der Waals surface area contributed by atoms with Gasteiger partial charge in [0.25, 0.3) is 0 Å². The third-order valence-corrected chi connectivity index (χ3v) is 13.4. The van der Waals surface area contributed by atoms with Crippen molar-refractivity contribution in [2.24, 2.45) is 13.5 Å². The lowest BCUT2D eigenvalue weighted by molar-refractivity contribution is 0.260. The Morgan fingerprint density at radius 2 is 0.762 bits per heavy atom. The number of nitrogens with zero attached hydrogens (tertiary/aromatic N) is 3. The molecule has 0 atom stereocenters. The number of hydrogen-bond acceptors (Lipinski definition) is 6. The van der Waals surface area contributed by atoms with Gasteiger partial charge in [0.1, 0.15) is 0 Å². The van der Waals surface area contributed by atoms with E-state index in [4.69, 9.17) is 47.3 Å². The van der Waals surface area contributed by atoms with E-state index in [-0.39, 0.29) is 18.3 Å². The number of rotatable bonds is 6. The maximum absolute atomic E-state index is 6.43. The predicted molar refractivity (Wildman–Crippen MR) is 94.3 cm³/mol. The van der Waals surface area contributed by atoms with Crippen molar-refractivity contribution in [2.75, 3.05) is 0 Å². The Kier molecular flexibility index (Phi) is 7.37. The fourth-order valence-electron chi connectivity index (χ4n) is 1.39. The number of hydrogen-bond donors (Lipinski definition) is 0. The van der Waals surface area contributed by atoms with Gasteiger partial charge in [-0.25, -0.2) is 0 Å². The van der Waals surface area contributed by atoms with Gasteiger partial charge < -0.3 is 13.6 Å². The molecule has 0 radical (unpaired) electrons. The zero-order valence-electron chi connectivity index (χ0n) is 12.8. The quantitative estimate of drug-likeness (QED) is 0.413. The van der Waals surface area contributed by atoms with E-state index in [0.29, 0.717) is 0 Å². The molecule has 0 aromatic rings. The zero-order valence-corrected chi connectivity index (χ0v) is 17.7. The number of halogens is 3. The first-order chi connectivity index (χ1) is 9.37. The van der Waals surface area contributed by atoms with E-state index >= 15 is 0 Å². The lowest BCUT2D eigenvalue weighted by atomic mass is 10.5. The molecule has 12 heteroatoms. The van der Waals surface area contributed by atoms with Crippen LogP contribution in [-0.2, 0) is 13.6 Å². The molecule has 1 aliphatic heterocycles. The first-order valence-corrected chi connectivity index (χ1v) is 14.0. The average Bonchev–Trinajstić information content (AvgIpc) is 2.05. The minimum Gasteiger partial charge on any atom is -0.313 e. The summed E-state index contributed by atoms with van der Waals surface area (Å²) in [6, 6.07) is 0. The van der Waals surface area contributed by atoms with E-state index < -0.39 is 20.4 Å². The Hall–Kier alpha value is 1.44. The summed E-state index contributed by atoms with van der Waals surface area (Å²) in [6.07, 6.45) is -0.556. The van der Waals surface area contributed by atoms with Crippen molar-refractivity contribution in [2.45, 2.75) is 59.9 Å². The highest BCUT2D eigenvalue weighted by molar-refractivity contribution is 8.05. The van der Waals surface area contributed by atoms with Gasteiger partial charge in [0, 0.05) is 0 Å². The second-order valence-corrected chi connectivity index (χ2v) is 14.7. The van der Waals surface area contributed by atoms with Gasteiger partial charge in [-0.1, -0.05) is 0 Å². The van der Waals surface area contributed by atoms with Crippen molar-refractivity contribution >= 4 is 54.1 Å². The molecule has 0 spiro atoms. The standard InChI is InChI=1S/C9H21Cl3N3O3P3/c1-7(2)16-19(10)13-20(11,17-8(3)4)15-21(12,14-19)18-9(5)6/h7-9H,1-6H3. The van der Waals surface area contributed by atoms with Crippen LogP contribution in [0, 0.1) is 0 Å². The van der Waals surface area contributed by atoms with Crippen molar-refractivity contribution in [3.8, 4) is 0 Å². The smallest absolute Gasteiger partial charge is 0.301 e. The highest BCUT2D eigenvalue weighted by atomic mass is 35.7. The molecule has 0 aliphatic carbocycles. The van der Waals surface area contributed by atoms with Crippen LogP contribution >= 0.6 is 54.1 Å². The molecule has 21 heavy (non-hydrogen) atoms. The molecule has 0 aromatic heterocycles. The van der Waals surface area contributed by atoms with Crippen LogP contribution in [0.15, 0.2) is 13.5 Å². The first-order valence-electron chi connectivity index (χ1n) is 6.43. The van der Waals surface area contributed by atoms with Crippen molar-refractivity contribution in [3.05, 3.63) is 0 Å². The van der Waals surface area contributed by atoms with Crippen LogP contribution in [0.5, 0.6) is 0 Å². The van der Waals surface area contributed by atoms with Crippen LogP contribution in [0.1, 0.15) is 41.5 Å². The Morgan fingerprint density at radius 3 is 0.905 bits per heavy atom. The monoisotopic (exact) mass is 417 g/mol. The van der Waals surface area contributed by atoms with Crippen molar-refractivity contribution in [1.82, 2.24) is 0 Å². The molecule has 1 heterocycles. The van der Waals surface area contributed by atoms with Gasteiger partial charge in [0.05, 0.1) is 18.3 Å². The summed E-state index contributed by atoms with van der Waals surface area (Å²) in [4.78, 5) is 0. The molecule has 0 unspecified atom stereocenters. The Bertz CT molecular complexity index is 458. The lowest BCUT2D eigenvalue weighted by Crippen LogP contribution is -2.02. The molecule has 0 fully saturated rings. The summed E-state index contributed by atoms with van der Waals surface area (Å²) in [5.74, 6) is 0. The van der Waals surface area contributed by atoms with Crippen LogP contribution in [0.3, 0.4) is 0 Å². The van der Waals surface area contributed by atoms with E-state index in [1.54, 1.807) is 0 Å². The van der Waals surface area contributed by atoms with Gasteiger partial charge in [-0.3, -0.25) is 0 Å². The van der Waals surface area contributed by atoms with E-state index in [1.807, 2.05) is 41.5 Å². The maximum atomic E-state index is 6.43. The molecule has 0 saturated carbocycles. The summed E-state index contributed by atoms with van der Waals surface area (Å²) in [6.45, 7) is 1.79. The summed E-state index contributed by atoms with van der Waals surface area (Å²) in [7, 11) is 0. The third kappa shape index (κ3) is 6.83. The summed E-state index contributed by atoms with van der Waals surface area (Å²) >= 11 is 19.3. The molecular formula is C9H21Cl3N3O3P3. The normalized spacial score (nSPS) is 36.6. The van der Waals surface area contributed by atoms with Gasteiger partial charge in [-0.05, 0) is 75.3 Å². The molecule has 0 N–H and O–H groups in total. The average molecular weight is 419 g/mol. The van der Waals surface area contributed by atoms with Crippen LogP contribution in [0.2, 0.25) is 0 Å². The highest BCUT2D eigenvalue weighted by Gasteiger charge is 2.38. The van der Waals surface area contributed by atoms with Crippen LogP contribution in [0.4, 0.5) is 0 Å². The van der Waals surface area contributed by atoms with E-state index in [2.05, 4.69) is 13.5 Å². The van der Waals surface area contributed by atoms with E-state index in [1.165, 1.54) is 0 Å². The van der Waals surface area contributed by atoms with Gasteiger partial charge in [0.15, 0.2) is 0 Å². The Balaban J connectivity index is 3.42. The molecule has 0 amide bonds. The molecule has 126 valence electrons. The third-order valence-electron chi connectivity index (χ3n) is 1.70. The molecule has 0 bridgehead atoms. The first kappa shape index (κ1) is 20.5. The Labute approximate surface area is 141 Å². The predicted octanol–water partition coefficient (Wildman–Crippen LogP) is 7.83. The summed E-state index contributed by atoms with van der Waals surface area (Å²) in [5, 5.41) is 0. The summed E-state index contributed by atoms with van der Waals surface area (Å²) in [5.41, 5.74) is 0. The van der Waals surface area contributed by atoms with E-state index in [9.17, 15) is 0 Å². The van der Waals surface area contributed by atoms with Crippen LogP contribution in [-0.4, -0.2) is 18.3 Å². The second kappa shape index (κ2) is 7.55. The summed E-state index contributed by atoms with van der Waals surface area (Å²) < 4.78 is 29.7. The Morgan fingerprint density at radius 1 is 0.571 bits per heavy atom. The maximum Gasteiger partial charge on any atom is 0.301 e.